The minimum absolute atomic E-state index is 0.0621. The number of rotatable bonds is 15. The van der Waals surface area contributed by atoms with Gasteiger partial charge in [0.2, 0.25) is 6.79 Å². The molecule has 0 aliphatic rings. The van der Waals surface area contributed by atoms with Crippen molar-refractivity contribution >= 4 is 41.0 Å². The van der Waals surface area contributed by atoms with Crippen LogP contribution in [0, 0.1) is 0 Å². The third-order valence-corrected chi connectivity index (χ3v) is 6.64. The van der Waals surface area contributed by atoms with Crippen LogP contribution in [0.25, 0.3) is 0 Å². The van der Waals surface area contributed by atoms with Crippen molar-refractivity contribution in [3.05, 3.63) is 75.5 Å². The largest absolute Gasteiger partial charge is 0.494 e. The molecule has 0 spiro atoms. The molecule has 1 heterocycles. The van der Waals surface area contributed by atoms with Crippen molar-refractivity contribution < 1.29 is 42.8 Å². The lowest BCUT2D eigenvalue weighted by molar-refractivity contribution is -0.148. The summed E-state index contributed by atoms with van der Waals surface area (Å²) >= 11 is 12.5. The quantitative estimate of drug-likeness (QED) is 0.164. The molecule has 0 aliphatic carbocycles. The molecule has 13 heteroatoms. The minimum atomic E-state index is -0.766. The summed E-state index contributed by atoms with van der Waals surface area (Å²) in [6, 6.07) is 11.9. The lowest BCUT2D eigenvalue weighted by atomic mass is 9.86. The van der Waals surface area contributed by atoms with E-state index in [0.717, 1.165) is 0 Å². The van der Waals surface area contributed by atoms with Gasteiger partial charge in [-0.15, -0.1) is 0 Å². The van der Waals surface area contributed by atoms with Crippen molar-refractivity contribution in [1.29, 1.82) is 0 Å². The Morgan fingerprint density at radius 3 is 2.00 bits per heavy atom. The van der Waals surface area contributed by atoms with Gasteiger partial charge in [-0.25, -0.2) is 4.98 Å². The van der Waals surface area contributed by atoms with E-state index in [4.69, 9.17) is 51.6 Å². The van der Waals surface area contributed by atoms with Crippen LogP contribution in [-0.4, -0.2) is 62.6 Å². The molecule has 0 saturated heterocycles. The fourth-order valence-electron chi connectivity index (χ4n) is 4.38. The van der Waals surface area contributed by atoms with Gasteiger partial charge in [0.1, 0.15) is 24.1 Å². The first-order valence-electron chi connectivity index (χ1n) is 13.7. The van der Waals surface area contributed by atoms with E-state index in [1.807, 2.05) is 13.8 Å². The highest BCUT2D eigenvalue weighted by Gasteiger charge is 2.31. The van der Waals surface area contributed by atoms with Crippen LogP contribution in [0.5, 0.6) is 23.0 Å². The number of methoxy groups -OCH3 is 1. The SMILES string of the molecule is CCOc1cc(Cl)ccc1C(c1ccc(Cl)cc1OCC)C(C)OC(=O)CNC(=O)c1nccc(OC)c1OCOC(C)=O. The Balaban J connectivity index is 1.85. The number of halogens is 2. The van der Waals surface area contributed by atoms with E-state index in [1.54, 1.807) is 43.3 Å². The van der Waals surface area contributed by atoms with Gasteiger partial charge < -0.3 is 33.7 Å². The Bertz CT molecular complexity index is 1410. The molecular formula is C31H34Cl2N2O9. The predicted octanol–water partition coefficient (Wildman–Crippen LogP) is 5.59. The van der Waals surface area contributed by atoms with Gasteiger partial charge in [0, 0.05) is 40.4 Å². The van der Waals surface area contributed by atoms with E-state index >= 15 is 0 Å². The zero-order chi connectivity index (χ0) is 32.2. The lowest BCUT2D eigenvalue weighted by Gasteiger charge is -2.28. The fraction of sp³-hybridized carbons (Fsp3) is 0.355. The summed E-state index contributed by atoms with van der Waals surface area (Å²) in [4.78, 5) is 41.2. The van der Waals surface area contributed by atoms with Crippen LogP contribution in [-0.2, 0) is 19.1 Å². The van der Waals surface area contributed by atoms with E-state index in [-0.39, 0.29) is 17.2 Å². The molecule has 1 amide bonds. The summed E-state index contributed by atoms with van der Waals surface area (Å²) in [6.45, 7) is 6.44. The summed E-state index contributed by atoms with van der Waals surface area (Å²) < 4.78 is 33.1. The number of nitrogens with one attached hydrogen (secondary N) is 1. The number of aromatic nitrogens is 1. The fourth-order valence-corrected chi connectivity index (χ4v) is 4.71. The van der Waals surface area contributed by atoms with Crippen LogP contribution >= 0.6 is 23.2 Å². The molecule has 0 fully saturated rings. The number of ether oxygens (including phenoxy) is 6. The van der Waals surface area contributed by atoms with Gasteiger partial charge >= 0.3 is 11.9 Å². The number of nitrogens with zero attached hydrogens (tertiary/aromatic N) is 1. The van der Waals surface area contributed by atoms with Gasteiger partial charge in [-0.2, -0.15) is 0 Å². The average Bonchev–Trinajstić information content (AvgIpc) is 2.98. The number of carbonyl (C=O) groups excluding carboxylic acids is 3. The van der Waals surface area contributed by atoms with Gasteiger partial charge in [-0.1, -0.05) is 35.3 Å². The van der Waals surface area contributed by atoms with Crippen molar-refractivity contribution in [2.45, 2.75) is 39.7 Å². The van der Waals surface area contributed by atoms with E-state index in [2.05, 4.69) is 10.3 Å². The minimum Gasteiger partial charge on any atom is -0.494 e. The van der Waals surface area contributed by atoms with E-state index in [9.17, 15) is 14.4 Å². The Morgan fingerprint density at radius 1 is 0.886 bits per heavy atom. The van der Waals surface area contributed by atoms with E-state index in [0.29, 0.717) is 45.9 Å². The van der Waals surface area contributed by atoms with Crippen LogP contribution in [0.3, 0.4) is 0 Å². The normalized spacial score (nSPS) is 11.4. The first kappa shape index (κ1) is 34.3. The third kappa shape index (κ3) is 9.14. The maximum atomic E-state index is 13.1. The van der Waals surface area contributed by atoms with Crippen LogP contribution in [0.4, 0.5) is 0 Å². The van der Waals surface area contributed by atoms with E-state index in [1.165, 1.54) is 26.3 Å². The molecule has 11 nitrogen and oxygen atoms in total. The highest BCUT2D eigenvalue weighted by Crippen LogP contribution is 2.42. The Morgan fingerprint density at radius 2 is 1.48 bits per heavy atom. The summed E-state index contributed by atoms with van der Waals surface area (Å²) in [6.07, 6.45) is 0.569. The number of pyridine rings is 1. The molecule has 44 heavy (non-hydrogen) atoms. The van der Waals surface area contributed by atoms with Gasteiger partial charge in [0.25, 0.3) is 5.91 Å². The van der Waals surface area contributed by atoms with Gasteiger partial charge in [-0.05, 0) is 45.0 Å². The summed E-state index contributed by atoms with van der Waals surface area (Å²) in [5.41, 5.74) is 1.23. The number of esters is 2. The van der Waals surface area contributed by atoms with Crippen LogP contribution in [0.2, 0.25) is 10.0 Å². The standard InChI is InChI=1S/C31H34Cl2N2O9/c1-6-40-25-14-20(32)8-10-22(25)28(23-11-9-21(33)15-26(23)41-7-2)18(3)44-27(37)16-35-31(38)29-30(43-17-42-19(4)36)24(39-5)12-13-34-29/h8-15,18,28H,6-7,16-17H2,1-5H3,(H,35,38). The van der Waals surface area contributed by atoms with Crippen molar-refractivity contribution in [3.63, 3.8) is 0 Å². The van der Waals surface area contributed by atoms with Crippen molar-refractivity contribution in [3.8, 4) is 23.0 Å². The molecule has 1 N–H and O–H groups in total. The predicted molar refractivity (Wildman–Crippen MR) is 163 cm³/mol. The molecule has 0 saturated carbocycles. The zero-order valence-corrected chi connectivity index (χ0v) is 26.5. The second-order valence-electron chi connectivity index (χ2n) is 9.17. The molecule has 3 rings (SSSR count). The van der Waals surface area contributed by atoms with Gasteiger partial charge in [-0.3, -0.25) is 14.4 Å². The van der Waals surface area contributed by atoms with Gasteiger partial charge in [0.05, 0.1) is 26.2 Å². The molecule has 0 aliphatic heterocycles. The molecule has 3 aromatic rings. The molecular weight excluding hydrogens is 615 g/mol. The van der Waals surface area contributed by atoms with E-state index < -0.39 is 43.2 Å². The average molecular weight is 650 g/mol. The Labute approximate surface area is 265 Å². The third-order valence-electron chi connectivity index (χ3n) is 6.17. The summed E-state index contributed by atoms with van der Waals surface area (Å²) in [5.74, 6) is -1.45. The second kappa shape index (κ2) is 16.6. The molecule has 1 aromatic heterocycles. The smallest absolute Gasteiger partial charge is 0.325 e. The maximum Gasteiger partial charge on any atom is 0.325 e. The topological polar surface area (TPSA) is 132 Å². The molecule has 236 valence electrons. The van der Waals surface area contributed by atoms with Crippen LogP contribution in [0.1, 0.15) is 55.2 Å². The molecule has 1 unspecified atom stereocenters. The number of hydrogen-bond donors (Lipinski definition) is 1. The van der Waals surface area contributed by atoms with Crippen LogP contribution in [0.15, 0.2) is 48.7 Å². The van der Waals surface area contributed by atoms with Crippen LogP contribution < -0.4 is 24.3 Å². The Kier molecular flexibility index (Phi) is 12.9. The highest BCUT2D eigenvalue weighted by molar-refractivity contribution is 6.31. The monoisotopic (exact) mass is 648 g/mol. The number of benzene rings is 2. The molecule has 0 bridgehead atoms. The lowest BCUT2D eigenvalue weighted by Crippen LogP contribution is -2.34. The molecule has 0 radical (unpaired) electrons. The second-order valence-corrected chi connectivity index (χ2v) is 10.0. The van der Waals surface area contributed by atoms with Crippen molar-refractivity contribution in [2.24, 2.45) is 0 Å². The number of amides is 1. The maximum absolute atomic E-state index is 13.1. The first-order chi connectivity index (χ1) is 21.1. The van der Waals surface area contributed by atoms with Crippen molar-refractivity contribution in [1.82, 2.24) is 10.3 Å². The highest BCUT2D eigenvalue weighted by atomic mass is 35.5. The molecule has 2 aromatic carbocycles. The zero-order valence-electron chi connectivity index (χ0n) is 25.0. The summed E-state index contributed by atoms with van der Waals surface area (Å²) in [5, 5.41) is 3.45. The number of hydrogen-bond acceptors (Lipinski definition) is 10. The molecule has 1 atom stereocenters. The van der Waals surface area contributed by atoms with Crippen molar-refractivity contribution in [2.75, 3.05) is 33.7 Å². The number of carbonyl (C=O) groups is 3. The Hall–Kier alpha value is -4.22. The summed E-state index contributed by atoms with van der Waals surface area (Å²) in [7, 11) is 1.38. The first-order valence-corrected chi connectivity index (χ1v) is 14.5. The van der Waals surface area contributed by atoms with Gasteiger partial charge in [0.15, 0.2) is 17.2 Å².